The van der Waals surface area contributed by atoms with Crippen LogP contribution in [0.5, 0.6) is 0 Å². The highest BCUT2D eigenvalue weighted by Crippen LogP contribution is 2.21. The zero-order chi connectivity index (χ0) is 16.7. The van der Waals surface area contributed by atoms with Crippen LogP contribution in [0.1, 0.15) is 50.5 Å². The van der Waals surface area contributed by atoms with Gasteiger partial charge in [-0.15, -0.1) is 0 Å². The average molecular weight is 319 g/mol. The van der Waals surface area contributed by atoms with Crippen molar-refractivity contribution < 1.29 is 19.4 Å². The Labute approximate surface area is 137 Å². The second-order valence-electron chi connectivity index (χ2n) is 6.18. The number of ether oxygens (including phenoxy) is 1. The monoisotopic (exact) mass is 319 g/mol. The molecule has 2 rings (SSSR count). The molecule has 0 aliphatic carbocycles. The van der Waals surface area contributed by atoms with Gasteiger partial charge in [-0.25, -0.2) is 0 Å². The zero-order valence-electron chi connectivity index (χ0n) is 13.6. The number of hydrogen-bond donors (Lipinski definition) is 2. The van der Waals surface area contributed by atoms with E-state index in [2.05, 4.69) is 5.32 Å². The molecule has 0 bridgehead atoms. The molecule has 0 aromatic heterocycles. The fourth-order valence-corrected chi connectivity index (χ4v) is 2.81. The Balaban J connectivity index is 1.73. The minimum atomic E-state index is -0.852. The minimum Gasteiger partial charge on any atom is -0.481 e. The van der Waals surface area contributed by atoms with Crippen LogP contribution >= 0.6 is 0 Å². The summed E-state index contributed by atoms with van der Waals surface area (Å²) in [4.78, 5) is 22.9. The van der Waals surface area contributed by atoms with E-state index in [1.54, 1.807) is 31.2 Å². The van der Waals surface area contributed by atoms with Gasteiger partial charge in [0, 0.05) is 25.3 Å². The Morgan fingerprint density at radius 1 is 1.26 bits per heavy atom. The third-order valence-corrected chi connectivity index (χ3v) is 4.42. The summed E-state index contributed by atoms with van der Waals surface area (Å²) < 4.78 is 5.33. The molecule has 23 heavy (non-hydrogen) atoms. The van der Waals surface area contributed by atoms with E-state index in [0.29, 0.717) is 18.0 Å². The number of nitrogens with one attached hydrogen (secondary N) is 1. The summed E-state index contributed by atoms with van der Waals surface area (Å²) >= 11 is 0. The van der Waals surface area contributed by atoms with Gasteiger partial charge < -0.3 is 15.2 Å². The molecule has 5 heteroatoms. The van der Waals surface area contributed by atoms with Gasteiger partial charge in [-0.05, 0) is 56.2 Å². The van der Waals surface area contributed by atoms with Crippen molar-refractivity contribution in [1.82, 2.24) is 0 Å². The fourth-order valence-electron chi connectivity index (χ4n) is 2.81. The number of carboxylic acid groups (broad SMARTS) is 1. The number of aliphatic carboxylic acids is 1. The molecule has 0 radical (unpaired) electrons. The van der Waals surface area contributed by atoms with Gasteiger partial charge in [-0.2, -0.15) is 0 Å². The van der Waals surface area contributed by atoms with Gasteiger partial charge in [0.05, 0.1) is 5.92 Å². The molecular formula is C18H25NO4. The van der Waals surface area contributed by atoms with Crippen molar-refractivity contribution in [1.29, 1.82) is 0 Å². The van der Waals surface area contributed by atoms with Gasteiger partial charge in [-0.1, -0.05) is 12.1 Å². The topological polar surface area (TPSA) is 75.6 Å². The smallest absolute Gasteiger partial charge is 0.310 e. The predicted octanol–water partition coefficient (Wildman–Crippen LogP) is 3.41. The summed E-state index contributed by atoms with van der Waals surface area (Å²) in [5, 5.41) is 11.8. The molecule has 0 spiro atoms. The Kier molecular flexibility index (Phi) is 6.59. The summed E-state index contributed by atoms with van der Waals surface area (Å²) in [6.45, 7) is 3.34. The number of carbonyl (C=O) groups excluding carboxylic acids is 1. The number of hydrogen-bond acceptors (Lipinski definition) is 3. The van der Waals surface area contributed by atoms with Crippen molar-refractivity contribution in [3.05, 3.63) is 29.8 Å². The first-order valence-electron chi connectivity index (χ1n) is 8.26. The van der Waals surface area contributed by atoms with Gasteiger partial charge in [-0.3, -0.25) is 9.59 Å². The molecule has 1 saturated heterocycles. The molecule has 1 aromatic carbocycles. The van der Waals surface area contributed by atoms with Crippen LogP contribution in [-0.2, 0) is 14.3 Å². The van der Waals surface area contributed by atoms with Gasteiger partial charge in [0.2, 0.25) is 5.91 Å². The van der Waals surface area contributed by atoms with Crippen molar-refractivity contribution in [2.24, 2.45) is 5.92 Å². The van der Waals surface area contributed by atoms with Crippen molar-refractivity contribution in [3.8, 4) is 0 Å². The Morgan fingerprint density at radius 2 is 1.91 bits per heavy atom. The molecule has 1 aliphatic rings. The second-order valence-corrected chi connectivity index (χ2v) is 6.18. The van der Waals surface area contributed by atoms with E-state index < -0.39 is 11.9 Å². The first-order chi connectivity index (χ1) is 11.1. The van der Waals surface area contributed by atoms with E-state index in [1.165, 1.54) is 0 Å². The largest absolute Gasteiger partial charge is 0.481 e. The van der Waals surface area contributed by atoms with Crippen molar-refractivity contribution >= 4 is 17.6 Å². The maximum atomic E-state index is 12.0. The Bertz CT molecular complexity index is 520. The lowest BCUT2D eigenvalue weighted by Crippen LogP contribution is -2.17. The second kappa shape index (κ2) is 8.67. The predicted molar refractivity (Wildman–Crippen MR) is 88.5 cm³/mol. The van der Waals surface area contributed by atoms with Gasteiger partial charge in [0.25, 0.3) is 0 Å². The standard InChI is InChI=1S/C18H25NO4/c1-13(18(21)22)15-5-7-16(8-6-15)19-17(20)4-2-3-14-9-11-23-12-10-14/h5-8,13-14H,2-4,9-12H2,1H3,(H,19,20)(H,21,22). The van der Waals surface area contributed by atoms with Gasteiger partial charge in [0.15, 0.2) is 0 Å². The highest BCUT2D eigenvalue weighted by molar-refractivity contribution is 5.90. The van der Waals surface area contributed by atoms with E-state index in [-0.39, 0.29) is 5.91 Å². The van der Waals surface area contributed by atoms with Crippen molar-refractivity contribution in [2.45, 2.75) is 44.9 Å². The molecular weight excluding hydrogens is 294 g/mol. The number of carboxylic acids is 1. The third kappa shape index (κ3) is 5.67. The highest BCUT2D eigenvalue weighted by Gasteiger charge is 2.15. The highest BCUT2D eigenvalue weighted by atomic mass is 16.5. The van der Waals surface area contributed by atoms with Gasteiger partial charge >= 0.3 is 5.97 Å². The van der Waals surface area contributed by atoms with E-state index in [0.717, 1.165) is 44.5 Å². The van der Waals surface area contributed by atoms with Crippen LogP contribution < -0.4 is 5.32 Å². The Morgan fingerprint density at radius 3 is 2.52 bits per heavy atom. The quantitative estimate of drug-likeness (QED) is 0.807. The lowest BCUT2D eigenvalue weighted by atomic mass is 9.94. The SMILES string of the molecule is CC(C(=O)O)c1ccc(NC(=O)CCCC2CCOCC2)cc1. The fraction of sp³-hybridized carbons (Fsp3) is 0.556. The summed E-state index contributed by atoms with van der Waals surface area (Å²) in [5.41, 5.74) is 1.44. The molecule has 126 valence electrons. The lowest BCUT2D eigenvalue weighted by molar-refractivity contribution is -0.138. The molecule has 1 atom stereocenters. The Hall–Kier alpha value is -1.88. The summed E-state index contributed by atoms with van der Waals surface area (Å²) in [6.07, 6.45) is 4.69. The molecule has 5 nitrogen and oxygen atoms in total. The zero-order valence-corrected chi connectivity index (χ0v) is 13.6. The number of carbonyl (C=O) groups is 2. The van der Waals surface area contributed by atoms with Crippen LogP contribution in [-0.4, -0.2) is 30.2 Å². The first-order valence-corrected chi connectivity index (χ1v) is 8.26. The van der Waals surface area contributed by atoms with E-state index >= 15 is 0 Å². The van der Waals surface area contributed by atoms with Crippen LogP contribution in [0.2, 0.25) is 0 Å². The maximum absolute atomic E-state index is 12.0. The normalized spacial score (nSPS) is 16.7. The number of amides is 1. The lowest BCUT2D eigenvalue weighted by Gasteiger charge is -2.21. The first kappa shape index (κ1) is 17.5. The van der Waals surface area contributed by atoms with E-state index in [1.807, 2.05) is 0 Å². The molecule has 1 unspecified atom stereocenters. The molecule has 0 saturated carbocycles. The van der Waals surface area contributed by atoms with E-state index in [4.69, 9.17) is 9.84 Å². The molecule has 2 N–H and O–H groups in total. The maximum Gasteiger partial charge on any atom is 0.310 e. The summed E-state index contributed by atoms with van der Waals surface area (Å²) in [5.74, 6) is -0.696. The number of anilines is 1. The van der Waals surface area contributed by atoms with Crippen LogP contribution in [0.3, 0.4) is 0 Å². The van der Waals surface area contributed by atoms with Crippen LogP contribution in [0.15, 0.2) is 24.3 Å². The van der Waals surface area contributed by atoms with Crippen LogP contribution in [0, 0.1) is 5.92 Å². The average Bonchev–Trinajstić information content (AvgIpc) is 2.56. The van der Waals surface area contributed by atoms with Gasteiger partial charge in [0.1, 0.15) is 0 Å². The van der Waals surface area contributed by atoms with Crippen molar-refractivity contribution in [3.63, 3.8) is 0 Å². The van der Waals surface area contributed by atoms with Crippen LogP contribution in [0.25, 0.3) is 0 Å². The summed E-state index contributed by atoms with van der Waals surface area (Å²) in [6, 6.07) is 7.00. The molecule has 1 heterocycles. The van der Waals surface area contributed by atoms with E-state index in [9.17, 15) is 9.59 Å². The van der Waals surface area contributed by atoms with Crippen LogP contribution in [0.4, 0.5) is 5.69 Å². The number of rotatable bonds is 7. The molecule has 1 aromatic rings. The molecule has 1 fully saturated rings. The summed E-state index contributed by atoms with van der Waals surface area (Å²) in [7, 11) is 0. The third-order valence-electron chi connectivity index (χ3n) is 4.42. The minimum absolute atomic E-state index is 0.0103. The molecule has 1 aliphatic heterocycles. The van der Waals surface area contributed by atoms with Crippen molar-refractivity contribution in [2.75, 3.05) is 18.5 Å². The number of benzene rings is 1. The molecule has 1 amide bonds.